The maximum absolute atomic E-state index is 11.7. The third-order valence-corrected chi connectivity index (χ3v) is 4.33. The summed E-state index contributed by atoms with van der Waals surface area (Å²) in [6.45, 7) is 0. The van der Waals surface area contributed by atoms with Crippen LogP contribution in [-0.4, -0.2) is 31.7 Å². The van der Waals surface area contributed by atoms with Crippen molar-refractivity contribution in [2.75, 3.05) is 12.8 Å². The van der Waals surface area contributed by atoms with E-state index in [-0.39, 0.29) is 17.3 Å². The van der Waals surface area contributed by atoms with Crippen LogP contribution in [0.3, 0.4) is 0 Å². The number of hydrogen-bond donors (Lipinski definition) is 2. The fraction of sp³-hybridized carbons (Fsp3) is 0.400. The fourth-order valence-electron chi connectivity index (χ4n) is 1.38. The van der Waals surface area contributed by atoms with Gasteiger partial charge in [0.1, 0.15) is 5.69 Å². The molecule has 0 radical (unpaired) electrons. The SMILES string of the molecule is COc1nc(C(=O)NS(=O)(=O)C2CC2)ccc1N. The first-order chi connectivity index (χ1) is 8.44. The van der Waals surface area contributed by atoms with E-state index in [1.807, 2.05) is 4.72 Å². The number of nitrogens with two attached hydrogens (primary N) is 1. The maximum Gasteiger partial charge on any atom is 0.283 e. The molecule has 7 nitrogen and oxygen atoms in total. The number of aromatic nitrogens is 1. The van der Waals surface area contributed by atoms with E-state index in [1.165, 1.54) is 19.2 Å². The number of sulfonamides is 1. The molecule has 0 unspecified atom stereocenters. The van der Waals surface area contributed by atoms with E-state index in [0.29, 0.717) is 12.8 Å². The monoisotopic (exact) mass is 271 g/mol. The van der Waals surface area contributed by atoms with Crippen molar-refractivity contribution in [1.29, 1.82) is 0 Å². The van der Waals surface area contributed by atoms with Crippen LogP contribution in [0.25, 0.3) is 0 Å². The minimum atomic E-state index is -3.58. The topological polar surface area (TPSA) is 111 Å². The summed E-state index contributed by atoms with van der Waals surface area (Å²) in [4.78, 5) is 15.6. The van der Waals surface area contributed by atoms with Gasteiger partial charge < -0.3 is 10.5 Å². The Hall–Kier alpha value is -1.83. The van der Waals surface area contributed by atoms with Gasteiger partial charge in [-0.2, -0.15) is 0 Å². The van der Waals surface area contributed by atoms with Crippen molar-refractivity contribution < 1.29 is 17.9 Å². The minimum absolute atomic E-state index is 0.0507. The highest BCUT2D eigenvalue weighted by Gasteiger charge is 2.37. The van der Waals surface area contributed by atoms with Crippen molar-refractivity contribution in [2.45, 2.75) is 18.1 Å². The van der Waals surface area contributed by atoms with Gasteiger partial charge in [0, 0.05) is 0 Å². The van der Waals surface area contributed by atoms with E-state index in [2.05, 4.69) is 4.98 Å². The zero-order valence-electron chi connectivity index (χ0n) is 9.71. The van der Waals surface area contributed by atoms with Crippen LogP contribution in [-0.2, 0) is 10.0 Å². The average molecular weight is 271 g/mol. The highest BCUT2D eigenvalue weighted by molar-refractivity contribution is 7.91. The zero-order chi connectivity index (χ0) is 13.3. The number of hydrogen-bond acceptors (Lipinski definition) is 6. The summed E-state index contributed by atoms with van der Waals surface area (Å²) < 4.78 is 30.0. The lowest BCUT2D eigenvalue weighted by atomic mass is 10.3. The number of rotatable bonds is 4. The predicted octanol–water partition coefficient (Wildman–Crippen LogP) is -0.106. The molecule has 1 saturated carbocycles. The molecule has 0 atom stereocenters. The van der Waals surface area contributed by atoms with Crippen molar-refractivity contribution in [3.8, 4) is 5.88 Å². The van der Waals surface area contributed by atoms with Crippen LogP contribution in [0.4, 0.5) is 5.69 Å². The van der Waals surface area contributed by atoms with E-state index < -0.39 is 21.2 Å². The van der Waals surface area contributed by atoms with Crippen LogP contribution in [0.2, 0.25) is 0 Å². The van der Waals surface area contributed by atoms with E-state index >= 15 is 0 Å². The molecule has 1 aromatic heterocycles. The molecule has 8 heteroatoms. The molecule has 1 aromatic rings. The fourth-order valence-corrected chi connectivity index (χ4v) is 2.67. The summed E-state index contributed by atoms with van der Waals surface area (Å²) in [7, 11) is -2.21. The molecule has 1 aliphatic rings. The lowest BCUT2D eigenvalue weighted by molar-refractivity contribution is 0.0975. The zero-order valence-corrected chi connectivity index (χ0v) is 10.5. The largest absolute Gasteiger partial charge is 0.480 e. The van der Waals surface area contributed by atoms with Gasteiger partial charge in [0.15, 0.2) is 0 Å². The molecule has 1 amide bonds. The van der Waals surface area contributed by atoms with Gasteiger partial charge in [0.2, 0.25) is 15.9 Å². The van der Waals surface area contributed by atoms with Crippen molar-refractivity contribution in [2.24, 2.45) is 0 Å². The first kappa shape index (κ1) is 12.6. The molecule has 0 aliphatic heterocycles. The maximum atomic E-state index is 11.7. The highest BCUT2D eigenvalue weighted by atomic mass is 32.2. The van der Waals surface area contributed by atoms with Gasteiger partial charge in [0.25, 0.3) is 5.91 Å². The Kier molecular flexibility index (Phi) is 3.12. The summed E-state index contributed by atoms with van der Waals surface area (Å²) in [5.41, 5.74) is 5.77. The Morgan fingerprint density at radius 3 is 2.72 bits per heavy atom. The number of anilines is 1. The highest BCUT2D eigenvalue weighted by Crippen LogP contribution is 2.27. The molecule has 3 N–H and O–H groups in total. The first-order valence-electron chi connectivity index (χ1n) is 5.30. The third kappa shape index (κ3) is 2.53. The molecule has 0 spiro atoms. The molecule has 18 heavy (non-hydrogen) atoms. The summed E-state index contributed by atoms with van der Waals surface area (Å²) in [5.74, 6) is -0.688. The number of nitrogens with zero attached hydrogens (tertiary/aromatic N) is 1. The lowest BCUT2D eigenvalue weighted by Crippen LogP contribution is -2.33. The second-order valence-corrected chi connectivity index (χ2v) is 5.93. The van der Waals surface area contributed by atoms with E-state index in [4.69, 9.17) is 10.5 Å². The molecular formula is C10H13N3O4S. The number of pyridine rings is 1. The standard InChI is InChI=1S/C10H13N3O4S/c1-17-10-7(11)4-5-8(12-10)9(14)13-18(15,16)6-2-3-6/h4-6H,2-3,11H2,1H3,(H,13,14). The molecule has 0 aromatic carbocycles. The number of amides is 1. The quantitative estimate of drug-likeness (QED) is 0.790. The van der Waals surface area contributed by atoms with Gasteiger partial charge in [-0.25, -0.2) is 18.1 Å². The second-order valence-electron chi connectivity index (χ2n) is 3.97. The number of nitrogen functional groups attached to an aromatic ring is 1. The van der Waals surface area contributed by atoms with Gasteiger partial charge in [0.05, 0.1) is 18.0 Å². The van der Waals surface area contributed by atoms with Crippen LogP contribution in [0.15, 0.2) is 12.1 Å². The van der Waals surface area contributed by atoms with Crippen molar-refractivity contribution in [1.82, 2.24) is 9.71 Å². The minimum Gasteiger partial charge on any atom is -0.480 e. The van der Waals surface area contributed by atoms with Gasteiger partial charge in [-0.3, -0.25) is 4.79 Å². The van der Waals surface area contributed by atoms with Gasteiger partial charge >= 0.3 is 0 Å². The van der Waals surface area contributed by atoms with Crippen LogP contribution in [0, 0.1) is 0 Å². The molecule has 0 bridgehead atoms. The van der Waals surface area contributed by atoms with Gasteiger partial charge in [-0.1, -0.05) is 0 Å². The summed E-state index contributed by atoms with van der Waals surface area (Å²) in [6, 6.07) is 2.78. The smallest absolute Gasteiger partial charge is 0.283 e. The Morgan fingerprint density at radius 2 is 2.17 bits per heavy atom. The van der Waals surface area contributed by atoms with E-state index in [1.54, 1.807) is 0 Å². The van der Waals surface area contributed by atoms with Crippen molar-refractivity contribution in [3.05, 3.63) is 17.8 Å². The van der Waals surface area contributed by atoms with Crippen LogP contribution in [0.5, 0.6) is 5.88 Å². The Morgan fingerprint density at radius 1 is 1.50 bits per heavy atom. The third-order valence-electron chi connectivity index (χ3n) is 2.51. The Balaban J connectivity index is 2.18. The molecule has 0 saturated heterocycles. The van der Waals surface area contributed by atoms with Crippen molar-refractivity contribution in [3.63, 3.8) is 0 Å². The van der Waals surface area contributed by atoms with Crippen LogP contribution >= 0.6 is 0 Å². The van der Waals surface area contributed by atoms with E-state index in [0.717, 1.165) is 0 Å². The predicted molar refractivity (Wildman–Crippen MR) is 64.6 cm³/mol. The first-order valence-corrected chi connectivity index (χ1v) is 6.85. The molecule has 1 heterocycles. The molecule has 98 valence electrons. The lowest BCUT2D eigenvalue weighted by Gasteiger charge is -2.07. The Bertz CT molecular complexity index is 581. The average Bonchev–Trinajstić information content (AvgIpc) is 3.13. The van der Waals surface area contributed by atoms with Crippen LogP contribution < -0.4 is 15.2 Å². The number of carbonyl (C=O) groups excluding carboxylic acids is 1. The van der Waals surface area contributed by atoms with Gasteiger partial charge in [-0.15, -0.1) is 0 Å². The molecule has 1 fully saturated rings. The van der Waals surface area contributed by atoms with E-state index in [9.17, 15) is 13.2 Å². The summed E-state index contributed by atoms with van der Waals surface area (Å²) in [5, 5.41) is -0.461. The molecular weight excluding hydrogens is 258 g/mol. The summed E-state index contributed by atoms with van der Waals surface area (Å²) in [6.07, 6.45) is 1.17. The summed E-state index contributed by atoms with van der Waals surface area (Å²) >= 11 is 0. The van der Waals surface area contributed by atoms with Crippen molar-refractivity contribution >= 4 is 21.6 Å². The van der Waals surface area contributed by atoms with Crippen LogP contribution in [0.1, 0.15) is 23.3 Å². The number of methoxy groups -OCH3 is 1. The van der Waals surface area contributed by atoms with Gasteiger partial charge in [-0.05, 0) is 25.0 Å². The number of ether oxygens (including phenoxy) is 1. The molecule has 2 rings (SSSR count). The molecule has 1 aliphatic carbocycles. The Labute approximate surface area is 104 Å². The number of nitrogens with one attached hydrogen (secondary N) is 1. The normalized spacial score (nSPS) is 15.2. The number of carbonyl (C=O) groups is 1. The second kappa shape index (κ2) is 4.45.